The lowest BCUT2D eigenvalue weighted by Gasteiger charge is -2.15. The first kappa shape index (κ1) is 20.3. The standard InChI is InChI=1S/C24H24N2O3S/c1-4-28-22-16(3)23-19(20(14-29-23)17-8-6-5-7-9-17)13-18(22)15(2)12-21(27)26-24-25-10-11-30-24/h5-9,12-14H,4,10-11H2,1-3H3,(H,25,26,27)/b15-12+. The van der Waals surface area contributed by atoms with Gasteiger partial charge in [0, 0.05) is 33.9 Å². The Morgan fingerprint density at radius 2 is 2.13 bits per heavy atom. The fraction of sp³-hybridized carbons (Fsp3) is 0.250. The Kier molecular flexibility index (Phi) is 5.95. The number of hydrogen-bond donors (Lipinski definition) is 1. The highest BCUT2D eigenvalue weighted by atomic mass is 32.2. The second-order valence-corrected chi connectivity index (χ2v) is 8.14. The average molecular weight is 421 g/mol. The van der Waals surface area contributed by atoms with Crippen LogP contribution in [0.15, 0.2) is 58.1 Å². The molecule has 0 spiro atoms. The van der Waals surface area contributed by atoms with Crippen LogP contribution in [0.2, 0.25) is 0 Å². The number of amides is 1. The van der Waals surface area contributed by atoms with Crippen molar-refractivity contribution in [3.8, 4) is 16.9 Å². The molecule has 0 aliphatic carbocycles. The van der Waals surface area contributed by atoms with E-state index in [9.17, 15) is 4.79 Å². The Balaban J connectivity index is 1.79. The summed E-state index contributed by atoms with van der Waals surface area (Å²) in [6, 6.07) is 12.2. The van der Waals surface area contributed by atoms with E-state index < -0.39 is 0 Å². The van der Waals surface area contributed by atoms with E-state index >= 15 is 0 Å². The number of nitrogens with zero attached hydrogens (tertiary/aromatic N) is 1. The average Bonchev–Trinajstić information content (AvgIpc) is 3.40. The summed E-state index contributed by atoms with van der Waals surface area (Å²) >= 11 is 1.56. The van der Waals surface area contributed by atoms with E-state index in [1.807, 2.05) is 39.0 Å². The summed E-state index contributed by atoms with van der Waals surface area (Å²) in [5, 5.41) is 4.54. The van der Waals surface area contributed by atoms with E-state index in [1.165, 1.54) is 0 Å². The van der Waals surface area contributed by atoms with Gasteiger partial charge in [0.25, 0.3) is 0 Å². The molecule has 1 aliphatic rings. The molecule has 0 saturated heterocycles. The van der Waals surface area contributed by atoms with Crippen molar-refractivity contribution in [2.75, 3.05) is 18.9 Å². The number of aliphatic imine (C=N–C) groups is 1. The summed E-state index contributed by atoms with van der Waals surface area (Å²) in [4.78, 5) is 16.8. The third-order valence-corrected chi connectivity index (χ3v) is 5.90. The molecule has 1 N–H and O–H groups in total. The van der Waals surface area contributed by atoms with Crippen molar-refractivity contribution in [1.29, 1.82) is 0 Å². The maximum Gasteiger partial charge on any atom is 0.250 e. The van der Waals surface area contributed by atoms with E-state index in [4.69, 9.17) is 9.15 Å². The van der Waals surface area contributed by atoms with Crippen molar-refractivity contribution in [2.45, 2.75) is 20.8 Å². The van der Waals surface area contributed by atoms with Gasteiger partial charge in [-0.15, -0.1) is 0 Å². The molecule has 0 radical (unpaired) electrons. The first-order valence-electron chi connectivity index (χ1n) is 9.98. The van der Waals surface area contributed by atoms with Crippen LogP contribution in [0.1, 0.15) is 25.0 Å². The van der Waals surface area contributed by atoms with Crippen LogP contribution in [0.25, 0.3) is 27.7 Å². The Labute approximate surface area is 180 Å². The van der Waals surface area contributed by atoms with E-state index in [-0.39, 0.29) is 5.91 Å². The van der Waals surface area contributed by atoms with Crippen molar-refractivity contribution in [3.63, 3.8) is 0 Å². The van der Waals surface area contributed by atoms with E-state index in [2.05, 4.69) is 28.5 Å². The van der Waals surface area contributed by atoms with Crippen LogP contribution in [-0.2, 0) is 4.79 Å². The molecule has 5 nitrogen and oxygen atoms in total. The first-order chi connectivity index (χ1) is 14.6. The first-order valence-corrected chi connectivity index (χ1v) is 11.0. The topological polar surface area (TPSA) is 63.8 Å². The second kappa shape index (κ2) is 8.79. The Morgan fingerprint density at radius 3 is 2.83 bits per heavy atom. The van der Waals surface area contributed by atoms with Crippen molar-refractivity contribution in [2.24, 2.45) is 4.99 Å². The fourth-order valence-corrected chi connectivity index (χ4v) is 4.34. The molecule has 0 unspecified atom stereocenters. The van der Waals surface area contributed by atoms with E-state index in [0.29, 0.717) is 11.8 Å². The summed E-state index contributed by atoms with van der Waals surface area (Å²) < 4.78 is 11.9. The third-order valence-electron chi connectivity index (χ3n) is 5.01. The minimum absolute atomic E-state index is 0.184. The minimum atomic E-state index is -0.184. The molecule has 6 heteroatoms. The number of amidine groups is 1. The molecule has 0 saturated carbocycles. The number of allylic oxidation sites excluding steroid dienone is 1. The van der Waals surface area contributed by atoms with Gasteiger partial charge in [-0.1, -0.05) is 42.1 Å². The van der Waals surface area contributed by atoms with Gasteiger partial charge in [-0.3, -0.25) is 9.79 Å². The van der Waals surface area contributed by atoms with E-state index in [0.717, 1.165) is 56.8 Å². The maximum absolute atomic E-state index is 12.5. The number of carbonyl (C=O) groups is 1. The zero-order valence-corrected chi connectivity index (χ0v) is 18.1. The number of fused-ring (bicyclic) bond motifs is 1. The molecule has 0 bridgehead atoms. The highest BCUT2D eigenvalue weighted by Gasteiger charge is 2.19. The summed E-state index contributed by atoms with van der Waals surface area (Å²) in [7, 11) is 0. The number of nitrogens with one attached hydrogen (secondary N) is 1. The summed E-state index contributed by atoms with van der Waals surface area (Å²) in [5.41, 5.74) is 5.54. The number of benzene rings is 2. The number of thioether (sulfide) groups is 1. The molecule has 1 aliphatic heterocycles. The predicted octanol–water partition coefficient (Wildman–Crippen LogP) is 5.43. The molecule has 0 atom stereocenters. The highest BCUT2D eigenvalue weighted by Crippen LogP contribution is 2.40. The van der Waals surface area contributed by atoms with Gasteiger partial charge in [0.05, 0.1) is 19.4 Å². The van der Waals surface area contributed by atoms with Gasteiger partial charge < -0.3 is 14.5 Å². The fourth-order valence-electron chi connectivity index (χ4n) is 3.61. The van der Waals surface area contributed by atoms with Crippen LogP contribution in [-0.4, -0.2) is 30.0 Å². The van der Waals surface area contributed by atoms with Gasteiger partial charge in [0.15, 0.2) is 5.17 Å². The van der Waals surface area contributed by atoms with Gasteiger partial charge in [-0.05, 0) is 38.0 Å². The maximum atomic E-state index is 12.5. The molecule has 1 amide bonds. The monoisotopic (exact) mass is 420 g/mol. The molecule has 3 aromatic rings. The third kappa shape index (κ3) is 4.00. The van der Waals surface area contributed by atoms with Gasteiger partial charge >= 0.3 is 0 Å². The number of ether oxygens (including phenoxy) is 1. The number of furan rings is 1. The van der Waals surface area contributed by atoms with Crippen molar-refractivity contribution >= 4 is 39.4 Å². The van der Waals surface area contributed by atoms with Crippen LogP contribution in [0.5, 0.6) is 5.75 Å². The summed E-state index contributed by atoms with van der Waals surface area (Å²) in [5.74, 6) is 1.47. The summed E-state index contributed by atoms with van der Waals surface area (Å²) in [6.45, 7) is 7.14. The molecular weight excluding hydrogens is 396 g/mol. The van der Waals surface area contributed by atoms with Crippen LogP contribution < -0.4 is 10.1 Å². The molecular formula is C24H24N2O3S. The number of hydrogen-bond acceptors (Lipinski definition) is 5. The van der Waals surface area contributed by atoms with Crippen LogP contribution in [0.3, 0.4) is 0 Å². The van der Waals surface area contributed by atoms with Crippen molar-refractivity contribution < 1.29 is 13.9 Å². The van der Waals surface area contributed by atoms with Gasteiger partial charge in [0.1, 0.15) is 11.3 Å². The number of carbonyl (C=O) groups excluding carboxylic acids is 1. The quantitative estimate of drug-likeness (QED) is 0.559. The smallest absolute Gasteiger partial charge is 0.250 e. The van der Waals surface area contributed by atoms with Crippen LogP contribution in [0.4, 0.5) is 0 Å². The Bertz CT molecular complexity index is 1150. The van der Waals surface area contributed by atoms with Crippen LogP contribution in [0, 0.1) is 6.92 Å². The lowest BCUT2D eigenvalue weighted by molar-refractivity contribution is -0.115. The molecule has 154 valence electrons. The Morgan fingerprint density at radius 1 is 1.33 bits per heavy atom. The summed E-state index contributed by atoms with van der Waals surface area (Å²) in [6.07, 6.45) is 3.39. The van der Waals surface area contributed by atoms with E-state index in [1.54, 1.807) is 24.1 Å². The zero-order chi connectivity index (χ0) is 21.1. The second-order valence-electron chi connectivity index (χ2n) is 7.06. The minimum Gasteiger partial charge on any atom is -0.493 e. The number of aryl methyl sites for hydroxylation is 1. The normalized spacial score (nSPS) is 14.1. The van der Waals surface area contributed by atoms with Gasteiger partial charge in [-0.25, -0.2) is 0 Å². The lowest BCUT2D eigenvalue weighted by atomic mass is 9.96. The highest BCUT2D eigenvalue weighted by molar-refractivity contribution is 8.14. The molecule has 30 heavy (non-hydrogen) atoms. The molecule has 4 rings (SSSR count). The van der Waals surface area contributed by atoms with Crippen molar-refractivity contribution in [1.82, 2.24) is 5.32 Å². The van der Waals surface area contributed by atoms with Gasteiger partial charge in [0.2, 0.25) is 5.91 Å². The zero-order valence-electron chi connectivity index (χ0n) is 17.3. The Hall–Kier alpha value is -2.99. The molecule has 2 heterocycles. The molecule has 2 aromatic carbocycles. The molecule has 1 aromatic heterocycles. The lowest BCUT2D eigenvalue weighted by Crippen LogP contribution is -2.25. The molecule has 0 fully saturated rings. The predicted molar refractivity (Wildman–Crippen MR) is 124 cm³/mol. The SMILES string of the molecule is CCOc1c(/C(C)=C/C(=O)NC2=NCCS2)cc2c(-c3ccccc3)coc2c1C. The van der Waals surface area contributed by atoms with Crippen LogP contribution >= 0.6 is 11.8 Å². The van der Waals surface area contributed by atoms with Crippen molar-refractivity contribution in [3.05, 3.63) is 59.9 Å². The number of rotatable bonds is 5. The largest absolute Gasteiger partial charge is 0.493 e. The van der Waals surface area contributed by atoms with Gasteiger partial charge in [-0.2, -0.15) is 0 Å².